The molecule has 7 rings (SSSR count). The molecule has 1 heterocycles. The van der Waals surface area contributed by atoms with Crippen LogP contribution in [0.2, 0.25) is 0 Å². The molecule has 2 atom stereocenters. The van der Waals surface area contributed by atoms with E-state index in [4.69, 9.17) is 0 Å². The lowest BCUT2D eigenvalue weighted by Crippen LogP contribution is -2.41. The number of hydrogen-bond acceptors (Lipinski definition) is 3. The predicted octanol–water partition coefficient (Wildman–Crippen LogP) is 3.72. The van der Waals surface area contributed by atoms with Gasteiger partial charge in [0.1, 0.15) is 0 Å². The molecule has 2 unspecified atom stereocenters. The Morgan fingerprint density at radius 1 is 0.781 bits per heavy atom. The van der Waals surface area contributed by atoms with Crippen molar-refractivity contribution in [2.75, 3.05) is 6.54 Å². The summed E-state index contributed by atoms with van der Waals surface area (Å²) in [6.07, 6.45) is 5.78. The molecule has 5 aliphatic rings. The number of likely N-dealkylation sites (tertiary alicyclic amines) is 1. The van der Waals surface area contributed by atoms with Gasteiger partial charge in [0, 0.05) is 30.8 Å². The van der Waals surface area contributed by atoms with Gasteiger partial charge in [-0.3, -0.25) is 19.3 Å². The molecule has 2 fully saturated rings. The van der Waals surface area contributed by atoms with E-state index < -0.39 is 0 Å². The van der Waals surface area contributed by atoms with Crippen LogP contribution in [0.1, 0.15) is 72.6 Å². The number of amides is 3. The lowest BCUT2D eigenvalue weighted by atomic mass is 9.55. The number of hydrogen-bond donors (Lipinski definition) is 1. The minimum Gasteiger partial charge on any atom is -0.353 e. The molecule has 0 spiro atoms. The van der Waals surface area contributed by atoms with Gasteiger partial charge in [-0.1, -0.05) is 67.8 Å². The van der Waals surface area contributed by atoms with Crippen LogP contribution in [0.4, 0.5) is 0 Å². The molecule has 2 aromatic rings. The summed E-state index contributed by atoms with van der Waals surface area (Å²) in [4.78, 5) is 41.0. The highest BCUT2D eigenvalue weighted by molar-refractivity contribution is 6.08. The molecule has 2 bridgehead atoms. The first-order valence-corrected chi connectivity index (χ1v) is 12.0. The van der Waals surface area contributed by atoms with E-state index in [1.165, 1.54) is 33.6 Å². The second-order valence-corrected chi connectivity index (χ2v) is 9.75. The smallest absolute Gasteiger partial charge is 0.234 e. The zero-order valence-electron chi connectivity index (χ0n) is 18.1. The summed E-state index contributed by atoms with van der Waals surface area (Å²) in [5.41, 5.74) is 4.71. The number of nitrogens with zero attached hydrogens (tertiary/aromatic N) is 1. The fourth-order valence-electron chi connectivity index (χ4n) is 6.72. The second-order valence-electron chi connectivity index (χ2n) is 9.75. The summed E-state index contributed by atoms with van der Waals surface area (Å²) in [6, 6.07) is 16.8. The fourth-order valence-corrected chi connectivity index (χ4v) is 6.72. The van der Waals surface area contributed by atoms with E-state index in [0.29, 0.717) is 0 Å². The maximum absolute atomic E-state index is 13.5. The highest BCUT2D eigenvalue weighted by Gasteiger charge is 2.61. The Morgan fingerprint density at radius 2 is 1.25 bits per heavy atom. The molecule has 5 heteroatoms. The van der Waals surface area contributed by atoms with Gasteiger partial charge in [-0.15, -0.1) is 0 Å². The summed E-state index contributed by atoms with van der Waals surface area (Å²) in [5.74, 6) is -1.17. The molecule has 5 nitrogen and oxygen atoms in total. The molecule has 164 valence electrons. The van der Waals surface area contributed by atoms with Crippen LogP contribution in [0.5, 0.6) is 0 Å². The van der Waals surface area contributed by atoms with Gasteiger partial charge in [-0.05, 0) is 35.1 Å². The van der Waals surface area contributed by atoms with Crippen molar-refractivity contribution in [1.82, 2.24) is 10.2 Å². The lowest BCUT2D eigenvalue weighted by molar-refractivity contribution is -0.140. The van der Waals surface area contributed by atoms with Gasteiger partial charge in [0.15, 0.2) is 0 Å². The van der Waals surface area contributed by atoms with Gasteiger partial charge < -0.3 is 5.32 Å². The Morgan fingerprint density at radius 3 is 1.72 bits per heavy atom. The number of carbonyl (C=O) groups excluding carboxylic acids is 3. The zero-order chi connectivity index (χ0) is 21.8. The van der Waals surface area contributed by atoms with Crippen LogP contribution < -0.4 is 5.32 Å². The Bertz CT molecular complexity index is 988. The average molecular weight is 429 g/mol. The van der Waals surface area contributed by atoms with Gasteiger partial charge in [0.05, 0.1) is 11.8 Å². The number of carbonyl (C=O) groups is 3. The number of benzene rings is 2. The van der Waals surface area contributed by atoms with Gasteiger partial charge >= 0.3 is 0 Å². The highest BCUT2D eigenvalue weighted by Crippen LogP contribution is 2.60. The van der Waals surface area contributed by atoms with Crippen LogP contribution in [-0.2, 0) is 14.4 Å². The molecule has 0 radical (unpaired) electrons. The molecule has 0 aromatic heterocycles. The first kappa shape index (κ1) is 19.7. The molecule has 2 aromatic carbocycles. The van der Waals surface area contributed by atoms with E-state index in [1.54, 1.807) is 0 Å². The van der Waals surface area contributed by atoms with E-state index in [2.05, 4.69) is 29.6 Å². The molecule has 1 saturated carbocycles. The first-order chi connectivity index (χ1) is 15.6. The largest absolute Gasteiger partial charge is 0.353 e. The molecule has 4 aliphatic carbocycles. The van der Waals surface area contributed by atoms with E-state index in [-0.39, 0.29) is 60.4 Å². The highest BCUT2D eigenvalue weighted by atomic mass is 16.2. The van der Waals surface area contributed by atoms with Gasteiger partial charge in [-0.25, -0.2) is 0 Å². The maximum atomic E-state index is 13.5. The van der Waals surface area contributed by atoms with Crippen molar-refractivity contribution in [2.24, 2.45) is 11.8 Å². The van der Waals surface area contributed by atoms with Crippen molar-refractivity contribution in [3.8, 4) is 0 Å². The van der Waals surface area contributed by atoms with Crippen LogP contribution in [0.3, 0.4) is 0 Å². The van der Waals surface area contributed by atoms with Crippen molar-refractivity contribution in [2.45, 2.75) is 56.4 Å². The maximum Gasteiger partial charge on any atom is 0.234 e. The second kappa shape index (κ2) is 7.58. The third-order valence-electron chi connectivity index (χ3n) is 8.07. The summed E-state index contributed by atoms with van der Waals surface area (Å²) in [6.45, 7) is 0.176. The van der Waals surface area contributed by atoms with Crippen LogP contribution in [0.15, 0.2) is 48.5 Å². The minimum absolute atomic E-state index is 0.0538. The summed E-state index contributed by atoms with van der Waals surface area (Å²) >= 11 is 0. The summed E-state index contributed by atoms with van der Waals surface area (Å²) < 4.78 is 0. The van der Waals surface area contributed by atoms with Gasteiger partial charge in [-0.2, -0.15) is 0 Å². The van der Waals surface area contributed by atoms with Crippen molar-refractivity contribution in [3.05, 3.63) is 70.8 Å². The van der Waals surface area contributed by atoms with Crippen LogP contribution in [-0.4, -0.2) is 35.2 Å². The number of imide groups is 1. The number of rotatable bonds is 4. The SMILES string of the molecule is O=C(CCN1C(=O)C2C3c4ccccc4C(c4ccccc43)C2C1=O)NC1CCCCC1. The molecular weight excluding hydrogens is 400 g/mol. The number of nitrogens with one attached hydrogen (secondary N) is 1. The Hall–Kier alpha value is -2.95. The van der Waals surface area contributed by atoms with E-state index in [1.807, 2.05) is 24.3 Å². The Labute approximate surface area is 188 Å². The van der Waals surface area contributed by atoms with E-state index in [9.17, 15) is 14.4 Å². The third-order valence-corrected chi connectivity index (χ3v) is 8.07. The van der Waals surface area contributed by atoms with Crippen molar-refractivity contribution < 1.29 is 14.4 Å². The normalized spacial score (nSPS) is 28.3. The van der Waals surface area contributed by atoms with Crippen LogP contribution in [0, 0.1) is 11.8 Å². The Balaban J connectivity index is 1.26. The first-order valence-electron chi connectivity index (χ1n) is 12.0. The summed E-state index contributed by atoms with van der Waals surface area (Å²) in [7, 11) is 0. The summed E-state index contributed by atoms with van der Waals surface area (Å²) in [5, 5.41) is 3.11. The molecule has 3 amide bonds. The van der Waals surface area contributed by atoms with Crippen LogP contribution in [0.25, 0.3) is 0 Å². The quantitative estimate of drug-likeness (QED) is 0.755. The molecule has 1 saturated heterocycles. The fraction of sp³-hybridized carbons (Fsp3) is 0.444. The molecule has 32 heavy (non-hydrogen) atoms. The van der Waals surface area contributed by atoms with E-state index in [0.717, 1.165) is 25.7 Å². The van der Waals surface area contributed by atoms with Crippen molar-refractivity contribution in [3.63, 3.8) is 0 Å². The minimum atomic E-state index is -0.362. The molecule has 1 N–H and O–H groups in total. The molecule has 1 aliphatic heterocycles. The predicted molar refractivity (Wildman–Crippen MR) is 120 cm³/mol. The van der Waals surface area contributed by atoms with E-state index >= 15 is 0 Å². The molecular formula is C27H28N2O3. The van der Waals surface area contributed by atoms with Crippen molar-refractivity contribution in [1.29, 1.82) is 0 Å². The van der Waals surface area contributed by atoms with Crippen LogP contribution >= 0.6 is 0 Å². The monoisotopic (exact) mass is 428 g/mol. The zero-order valence-corrected chi connectivity index (χ0v) is 18.1. The van der Waals surface area contributed by atoms with Gasteiger partial charge in [0.2, 0.25) is 17.7 Å². The standard InChI is InChI=1S/C27H28N2O3/c30-21(28-16-8-2-1-3-9-16)14-15-29-26(31)24-22-17-10-4-5-11-18(17)23(25(24)27(29)32)20-13-7-6-12-19(20)22/h4-7,10-13,16,22-25H,1-3,8-9,14-15H2,(H,28,30). The Kier molecular flexibility index (Phi) is 4.67. The lowest BCUT2D eigenvalue weighted by Gasteiger charge is -2.45. The average Bonchev–Trinajstić information content (AvgIpc) is 3.08. The topological polar surface area (TPSA) is 66.5 Å². The van der Waals surface area contributed by atoms with Gasteiger partial charge in [0.25, 0.3) is 0 Å². The van der Waals surface area contributed by atoms with Crippen molar-refractivity contribution >= 4 is 17.7 Å². The third kappa shape index (κ3) is 2.86.